The number of carbonyl (C=O) groups is 2. The third-order valence-corrected chi connectivity index (χ3v) is 6.95. The zero-order valence-electron chi connectivity index (χ0n) is 18.3. The number of nitrogens with zero attached hydrogens (tertiary/aromatic N) is 8. The van der Waals surface area contributed by atoms with Crippen molar-refractivity contribution in [2.24, 2.45) is 5.41 Å². The highest BCUT2D eigenvalue weighted by Gasteiger charge is 2.49. The monoisotopic (exact) mass is 438 g/mol. The number of amides is 1. The Morgan fingerprint density at radius 1 is 1.12 bits per heavy atom. The lowest BCUT2D eigenvalue weighted by Gasteiger charge is -2.38. The molecule has 2 aromatic heterocycles. The van der Waals surface area contributed by atoms with E-state index >= 15 is 0 Å². The zero-order chi connectivity index (χ0) is 22.3. The average Bonchev–Trinajstić information content (AvgIpc) is 3.51. The Hall–Kier alpha value is -3.21. The predicted molar refractivity (Wildman–Crippen MR) is 111 cm³/mol. The van der Waals surface area contributed by atoms with Gasteiger partial charge in [-0.1, -0.05) is 0 Å². The molecule has 1 amide bonds. The van der Waals surface area contributed by atoms with Crippen LogP contribution in [0.4, 0.5) is 0 Å². The molecular formula is C21H26N8O3. The quantitative estimate of drug-likeness (QED) is 0.613. The lowest BCUT2D eigenvalue weighted by Crippen LogP contribution is -2.45. The van der Waals surface area contributed by atoms with Gasteiger partial charge in [0.25, 0.3) is 0 Å². The number of ether oxygens (including phenoxy) is 1. The third kappa shape index (κ3) is 3.56. The van der Waals surface area contributed by atoms with Gasteiger partial charge in [0.2, 0.25) is 5.91 Å². The minimum atomic E-state index is -0.312. The minimum absolute atomic E-state index is 0.157. The van der Waals surface area contributed by atoms with Gasteiger partial charge in [0.15, 0.2) is 5.82 Å². The van der Waals surface area contributed by atoms with Crippen LogP contribution in [-0.4, -0.2) is 84.6 Å². The number of aryl methyl sites for hydroxylation is 1. The van der Waals surface area contributed by atoms with Crippen molar-refractivity contribution < 1.29 is 14.3 Å². The van der Waals surface area contributed by atoms with Crippen LogP contribution < -0.4 is 0 Å². The molecule has 0 aromatic carbocycles. The van der Waals surface area contributed by atoms with Crippen LogP contribution in [0.1, 0.15) is 37.6 Å². The van der Waals surface area contributed by atoms with Crippen molar-refractivity contribution in [1.82, 2.24) is 40.0 Å². The maximum absolute atomic E-state index is 13.2. The topological polar surface area (TPSA) is 119 Å². The van der Waals surface area contributed by atoms with E-state index < -0.39 is 0 Å². The Balaban J connectivity index is 1.17. The highest BCUT2D eigenvalue weighted by molar-refractivity contribution is 5.94. The fraction of sp³-hybridized carbons (Fsp3) is 0.571. The number of tetrazole rings is 1. The summed E-state index contributed by atoms with van der Waals surface area (Å²) in [5.74, 6) is 0.472. The van der Waals surface area contributed by atoms with Crippen LogP contribution in [0, 0.1) is 12.3 Å². The molecule has 0 unspecified atom stereocenters. The first-order valence-corrected chi connectivity index (χ1v) is 10.9. The number of hydrogen-bond donors (Lipinski definition) is 0. The van der Waals surface area contributed by atoms with Crippen molar-refractivity contribution >= 4 is 11.9 Å². The number of hydrogen-bond acceptors (Lipinski definition) is 9. The summed E-state index contributed by atoms with van der Waals surface area (Å²) in [5, 5.41) is 11.1. The normalized spacial score (nSPS) is 21.1. The number of aromatic nitrogens is 6. The minimum Gasteiger partial charge on any atom is -0.456 e. The van der Waals surface area contributed by atoms with E-state index in [9.17, 15) is 9.59 Å². The van der Waals surface area contributed by atoms with Crippen LogP contribution in [0.3, 0.4) is 0 Å². The Labute approximate surface area is 185 Å². The molecule has 11 heteroatoms. The van der Waals surface area contributed by atoms with E-state index in [1.165, 1.54) is 11.0 Å². The first-order chi connectivity index (χ1) is 15.5. The molecule has 11 nitrogen and oxygen atoms in total. The Morgan fingerprint density at radius 3 is 2.56 bits per heavy atom. The van der Waals surface area contributed by atoms with Crippen molar-refractivity contribution in [3.63, 3.8) is 0 Å². The fourth-order valence-electron chi connectivity index (χ4n) is 4.89. The number of likely N-dealkylation sites (tertiary alicyclic amines) is 2. The number of rotatable bonds is 5. The number of carbonyl (C=O) groups excluding carboxylic acids is 2. The second kappa shape index (κ2) is 8.05. The molecule has 2 aromatic rings. The summed E-state index contributed by atoms with van der Waals surface area (Å²) in [6, 6.07) is 0. The molecule has 32 heavy (non-hydrogen) atoms. The fourth-order valence-corrected chi connectivity index (χ4v) is 4.89. The first-order valence-electron chi connectivity index (χ1n) is 10.9. The van der Waals surface area contributed by atoms with E-state index in [1.807, 2.05) is 6.92 Å². The molecule has 5 heterocycles. The smallest absolute Gasteiger partial charge is 0.336 e. The van der Waals surface area contributed by atoms with Gasteiger partial charge in [-0.15, -0.1) is 5.10 Å². The summed E-state index contributed by atoms with van der Waals surface area (Å²) >= 11 is 0. The molecule has 2 saturated heterocycles. The van der Waals surface area contributed by atoms with Gasteiger partial charge in [-0.05, 0) is 56.6 Å². The Kier molecular flexibility index (Phi) is 5.20. The highest BCUT2D eigenvalue weighted by Crippen LogP contribution is 2.43. The maximum Gasteiger partial charge on any atom is 0.336 e. The van der Waals surface area contributed by atoms with Gasteiger partial charge in [0, 0.05) is 19.5 Å². The number of esters is 1. The van der Waals surface area contributed by atoms with Crippen LogP contribution in [0.15, 0.2) is 23.8 Å². The van der Waals surface area contributed by atoms with Gasteiger partial charge >= 0.3 is 5.97 Å². The molecule has 0 N–H and O–H groups in total. The van der Waals surface area contributed by atoms with Gasteiger partial charge in [0.1, 0.15) is 12.9 Å². The van der Waals surface area contributed by atoms with Crippen molar-refractivity contribution in [3.8, 4) is 5.82 Å². The lowest BCUT2D eigenvalue weighted by atomic mass is 9.77. The van der Waals surface area contributed by atoms with Crippen molar-refractivity contribution in [1.29, 1.82) is 0 Å². The molecule has 168 valence electrons. The standard InChI is InChI=1S/C21H26N8O3/c1-14-17(12-32-19(14)30)28-10-6-21(20(28)31)4-8-27(9-5-21)7-3-16-11-22-18(15(2)24-16)29-13-23-25-26-29/h11,13H,3-10,12H2,1-2H3. The Bertz CT molecular complexity index is 1070. The second-order valence-corrected chi connectivity index (χ2v) is 8.75. The summed E-state index contributed by atoms with van der Waals surface area (Å²) in [6.07, 6.45) is 6.59. The summed E-state index contributed by atoms with van der Waals surface area (Å²) < 4.78 is 6.61. The zero-order valence-corrected chi connectivity index (χ0v) is 18.3. The van der Waals surface area contributed by atoms with E-state index in [-0.39, 0.29) is 23.9 Å². The molecular weight excluding hydrogens is 412 g/mol. The molecule has 0 radical (unpaired) electrons. The molecule has 3 aliphatic rings. The molecule has 3 aliphatic heterocycles. The lowest BCUT2D eigenvalue weighted by molar-refractivity contribution is -0.138. The number of piperidine rings is 1. The first kappa shape index (κ1) is 20.7. The summed E-state index contributed by atoms with van der Waals surface area (Å²) in [5.41, 5.74) is 2.71. The average molecular weight is 438 g/mol. The van der Waals surface area contributed by atoms with Crippen LogP contribution in [-0.2, 0) is 20.7 Å². The summed E-state index contributed by atoms with van der Waals surface area (Å²) in [7, 11) is 0. The van der Waals surface area contributed by atoms with Crippen LogP contribution >= 0.6 is 0 Å². The van der Waals surface area contributed by atoms with Crippen molar-refractivity contribution in [2.75, 3.05) is 32.8 Å². The third-order valence-electron chi connectivity index (χ3n) is 6.95. The molecule has 1 spiro atoms. The molecule has 0 atom stereocenters. The molecule has 0 saturated carbocycles. The second-order valence-electron chi connectivity index (χ2n) is 8.75. The molecule has 5 rings (SSSR count). The van der Waals surface area contributed by atoms with E-state index in [0.29, 0.717) is 17.9 Å². The van der Waals surface area contributed by atoms with Crippen molar-refractivity contribution in [3.05, 3.63) is 35.2 Å². The molecule has 0 aliphatic carbocycles. The van der Waals surface area contributed by atoms with Gasteiger partial charge in [0.05, 0.1) is 34.3 Å². The van der Waals surface area contributed by atoms with Gasteiger partial charge < -0.3 is 14.5 Å². The van der Waals surface area contributed by atoms with Crippen LogP contribution in [0.5, 0.6) is 0 Å². The summed E-state index contributed by atoms with van der Waals surface area (Å²) in [6.45, 7) is 7.15. The van der Waals surface area contributed by atoms with Crippen LogP contribution in [0.2, 0.25) is 0 Å². The summed E-state index contributed by atoms with van der Waals surface area (Å²) in [4.78, 5) is 38.2. The van der Waals surface area contributed by atoms with E-state index in [4.69, 9.17) is 4.74 Å². The van der Waals surface area contributed by atoms with Gasteiger partial charge in [-0.2, -0.15) is 4.68 Å². The molecule has 0 bridgehead atoms. The SMILES string of the molecule is CC1=C(N2CCC3(CCN(CCc4cnc(-n5cnnn5)c(C)n4)CC3)C2=O)COC1=O. The van der Waals surface area contributed by atoms with Gasteiger partial charge in [-0.3, -0.25) is 9.78 Å². The largest absolute Gasteiger partial charge is 0.456 e. The van der Waals surface area contributed by atoms with Crippen molar-refractivity contribution in [2.45, 2.75) is 39.5 Å². The maximum atomic E-state index is 13.2. The van der Waals surface area contributed by atoms with E-state index in [1.54, 1.807) is 18.0 Å². The Morgan fingerprint density at radius 2 is 1.91 bits per heavy atom. The van der Waals surface area contributed by atoms with E-state index in [2.05, 4.69) is 30.4 Å². The number of cyclic esters (lactones) is 1. The highest BCUT2D eigenvalue weighted by atomic mass is 16.5. The van der Waals surface area contributed by atoms with Crippen LogP contribution in [0.25, 0.3) is 5.82 Å². The van der Waals surface area contributed by atoms with E-state index in [0.717, 1.165) is 62.4 Å². The predicted octanol–water partition coefficient (Wildman–Crippen LogP) is 0.449. The molecule has 2 fully saturated rings. The van der Waals surface area contributed by atoms with Gasteiger partial charge in [-0.25, -0.2) is 9.78 Å².